The summed E-state index contributed by atoms with van der Waals surface area (Å²) in [5.74, 6) is 0.799. The second-order valence-corrected chi connectivity index (χ2v) is 13.5. The van der Waals surface area contributed by atoms with Crippen LogP contribution >= 0.6 is 0 Å². The predicted octanol–water partition coefficient (Wildman–Crippen LogP) is 9.39. The summed E-state index contributed by atoms with van der Waals surface area (Å²) >= 11 is -1.85. The molecule has 5 heteroatoms. The van der Waals surface area contributed by atoms with Gasteiger partial charge in [0.1, 0.15) is 0 Å². The molecule has 0 unspecified atom stereocenters. The standard InChI is InChI=1S/C32H36F2O2.Zr/c1-31(2,3)27-13-11-21(25-17-19(33)7-15-29(25)35)23(27)9-10-24-22(12-14-28(24)32(4,5)6)26-18-20(34)8-16-30(26)36;/h7-8,13-18,35-36H,9-12H2,1-6H3;/q;+2/p-2. The van der Waals surface area contributed by atoms with Crippen LogP contribution in [-0.2, 0) is 24.1 Å². The third-order valence-corrected chi connectivity index (χ3v) is 8.97. The van der Waals surface area contributed by atoms with Crippen molar-refractivity contribution in [1.29, 1.82) is 0 Å². The van der Waals surface area contributed by atoms with Crippen molar-refractivity contribution in [2.75, 3.05) is 0 Å². The molecule has 0 N–H and O–H groups in total. The average molecular weight is 580 g/mol. The van der Waals surface area contributed by atoms with E-state index >= 15 is 0 Å². The number of fused-ring (bicyclic) bond motifs is 4. The monoisotopic (exact) mass is 578 g/mol. The van der Waals surface area contributed by atoms with Gasteiger partial charge in [-0.2, -0.15) is 0 Å². The first-order valence-electron chi connectivity index (χ1n) is 13.0. The quantitative estimate of drug-likeness (QED) is 0.310. The maximum absolute atomic E-state index is 14.5. The van der Waals surface area contributed by atoms with E-state index in [1.54, 1.807) is 24.3 Å². The molecule has 0 aromatic heterocycles. The Morgan fingerprint density at radius 1 is 0.622 bits per heavy atom. The Hall–Kier alpha value is -2.26. The van der Waals surface area contributed by atoms with Gasteiger partial charge in [0.2, 0.25) is 0 Å². The Labute approximate surface area is 232 Å². The molecule has 0 amide bonds. The summed E-state index contributed by atoms with van der Waals surface area (Å²) in [6, 6.07) is 9.55. The second-order valence-electron chi connectivity index (χ2n) is 12.1. The summed E-state index contributed by atoms with van der Waals surface area (Å²) in [5.41, 5.74) is 9.04. The molecular formula is C32H34F2O2Zr. The molecule has 3 aliphatic rings. The number of rotatable bonds is 0. The molecule has 2 aliphatic carbocycles. The summed E-state index contributed by atoms with van der Waals surface area (Å²) in [5, 5.41) is 0. The zero-order valence-corrected chi connectivity index (χ0v) is 25.0. The second kappa shape index (κ2) is 9.80. The summed E-state index contributed by atoms with van der Waals surface area (Å²) in [6.07, 6.45) is 7.77. The molecule has 5 rings (SSSR count). The fraction of sp³-hybridized carbons (Fsp3) is 0.375. The third-order valence-electron chi connectivity index (χ3n) is 7.48. The fourth-order valence-electron chi connectivity index (χ4n) is 5.87. The average Bonchev–Trinajstić information content (AvgIpc) is 3.43. The van der Waals surface area contributed by atoms with Crippen LogP contribution in [-0.4, -0.2) is 0 Å². The van der Waals surface area contributed by atoms with Crippen LogP contribution in [0.2, 0.25) is 0 Å². The Morgan fingerprint density at radius 2 is 1.03 bits per heavy atom. The molecular weight excluding hydrogens is 546 g/mol. The van der Waals surface area contributed by atoms with Crippen LogP contribution in [0, 0.1) is 22.5 Å². The minimum absolute atomic E-state index is 0.0372. The van der Waals surface area contributed by atoms with Gasteiger partial charge >= 0.3 is 233 Å². The molecule has 0 saturated carbocycles. The number of halogens is 2. The van der Waals surface area contributed by atoms with Gasteiger partial charge in [-0.1, -0.05) is 0 Å². The first-order chi connectivity index (χ1) is 17.4. The number of hydrogen-bond acceptors (Lipinski definition) is 2. The zero-order valence-electron chi connectivity index (χ0n) is 22.5. The van der Waals surface area contributed by atoms with Crippen molar-refractivity contribution >= 4 is 11.1 Å². The van der Waals surface area contributed by atoms with E-state index in [1.165, 1.54) is 34.4 Å². The van der Waals surface area contributed by atoms with E-state index in [0.29, 0.717) is 11.5 Å². The van der Waals surface area contributed by atoms with Crippen molar-refractivity contribution in [3.8, 4) is 11.5 Å². The van der Waals surface area contributed by atoms with Crippen LogP contribution < -0.4 is 5.63 Å². The Bertz CT molecular complexity index is 1270. The fourth-order valence-corrected chi connectivity index (χ4v) is 7.29. The first-order valence-corrected chi connectivity index (χ1v) is 15.0. The SMILES string of the molecule is CC(C)(C)C1=CCC2=C1CCC1=C(CC=C1C(C)(C)C)c1cc(F)ccc1[O][Zr][O]c1ccc(F)cc12. The number of allylic oxidation sites excluding steroid dienone is 8. The van der Waals surface area contributed by atoms with Crippen molar-refractivity contribution in [2.24, 2.45) is 10.8 Å². The van der Waals surface area contributed by atoms with E-state index < -0.39 is 24.1 Å². The molecule has 2 aromatic rings. The molecule has 0 fully saturated rings. The topological polar surface area (TPSA) is 18.5 Å². The van der Waals surface area contributed by atoms with Crippen molar-refractivity contribution < 1.29 is 38.5 Å². The van der Waals surface area contributed by atoms with E-state index in [2.05, 4.69) is 53.7 Å². The van der Waals surface area contributed by atoms with Gasteiger partial charge in [0, 0.05) is 0 Å². The van der Waals surface area contributed by atoms with E-state index in [4.69, 9.17) is 5.63 Å². The first kappa shape index (κ1) is 26.4. The van der Waals surface area contributed by atoms with Gasteiger partial charge in [0.05, 0.1) is 0 Å². The van der Waals surface area contributed by atoms with Crippen LogP contribution in [0.25, 0.3) is 11.1 Å². The van der Waals surface area contributed by atoms with Crippen molar-refractivity contribution in [1.82, 2.24) is 0 Å². The molecule has 1 aliphatic heterocycles. The van der Waals surface area contributed by atoms with E-state index in [0.717, 1.165) is 48.0 Å². The van der Waals surface area contributed by atoms with Gasteiger partial charge in [-0.15, -0.1) is 0 Å². The van der Waals surface area contributed by atoms with Gasteiger partial charge in [0.15, 0.2) is 0 Å². The summed E-state index contributed by atoms with van der Waals surface area (Å²) < 4.78 is 41.6. The van der Waals surface area contributed by atoms with Gasteiger partial charge in [-0.05, 0) is 0 Å². The molecule has 0 bridgehead atoms. The molecule has 2 nitrogen and oxygen atoms in total. The predicted molar refractivity (Wildman–Crippen MR) is 141 cm³/mol. The normalized spacial score (nSPS) is 18.1. The minimum atomic E-state index is -1.85. The van der Waals surface area contributed by atoms with Gasteiger partial charge in [-0.25, -0.2) is 0 Å². The van der Waals surface area contributed by atoms with Crippen molar-refractivity contribution in [3.05, 3.63) is 93.6 Å². The van der Waals surface area contributed by atoms with E-state index in [-0.39, 0.29) is 22.5 Å². The van der Waals surface area contributed by atoms with E-state index in [9.17, 15) is 8.78 Å². The van der Waals surface area contributed by atoms with Crippen molar-refractivity contribution in [3.63, 3.8) is 0 Å². The maximum atomic E-state index is 14.5. The molecule has 192 valence electrons. The molecule has 0 spiro atoms. The Kier molecular flexibility index (Phi) is 6.98. The number of hydrogen-bond donors (Lipinski definition) is 0. The Balaban J connectivity index is 1.71. The van der Waals surface area contributed by atoms with Crippen LogP contribution in [0.5, 0.6) is 11.5 Å². The van der Waals surface area contributed by atoms with Gasteiger partial charge in [-0.3, -0.25) is 0 Å². The summed E-state index contributed by atoms with van der Waals surface area (Å²) in [6.45, 7) is 13.4. The van der Waals surface area contributed by atoms with E-state index in [1.807, 2.05) is 0 Å². The molecule has 37 heavy (non-hydrogen) atoms. The summed E-state index contributed by atoms with van der Waals surface area (Å²) in [4.78, 5) is 0. The van der Waals surface area contributed by atoms with Gasteiger partial charge < -0.3 is 0 Å². The Morgan fingerprint density at radius 3 is 1.41 bits per heavy atom. The number of benzene rings is 2. The molecule has 1 heterocycles. The third kappa shape index (κ3) is 5.22. The molecule has 0 atom stereocenters. The molecule has 2 aromatic carbocycles. The molecule has 0 radical (unpaired) electrons. The zero-order chi connectivity index (χ0) is 26.5. The van der Waals surface area contributed by atoms with Crippen LogP contribution in [0.3, 0.4) is 0 Å². The van der Waals surface area contributed by atoms with Crippen LogP contribution in [0.4, 0.5) is 8.78 Å². The molecule has 0 saturated heterocycles. The van der Waals surface area contributed by atoms with Crippen molar-refractivity contribution in [2.45, 2.75) is 67.2 Å². The van der Waals surface area contributed by atoms with Gasteiger partial charge in [0.25, 0.3) is 0 Å². The van der Waals surface area contributed by atoms with Crippen LogP contribution in [0.1, 0.15) is 78.4 Å². The van der Waals surface area contributed by atoms with Crippen LogP contribution in [0.15, 0.2) is 70.8 Å². The summed E-state index contributed by atoms with van der Waals surface area (Å²) in [7, 11) is 0.